The third-order valence-corrected chi connectivity index (χ3v) is 4.56. The van der Waals surface area contributed by atoms with E-state index in [0.717, 1.165) is 18.9 Å². The van der Waals surface area contributed by atoms with Gasteiger partial charge in [0.15, 0.2) is 0 Å². The van der Waals surface area contributed by atoms with Crippen LogP contribution in [0.3, 0.4) is 0 Å². The molecular formula is C16H20N2S. The molecule has 0 radical (unpaired) electrons. The molecule has 2 aromatic rings. The first-order chi connectivity index (χ1) is 9.33. The highest BCUT2D eigenvalue weighted by Gasteiger charge is 2.31. The quantitative estimate of drug-likeness (QED) is 0.866. The SMILES string of the molecule is Cc1ccc(C(NCCc2nccs2)C2CC2)cc1. The van der Waals surface area contributed by atoms with E-state index in [9.17, 15) is 0 Å². The van der Waals surface area contributed by atoms with Crippen LogP contribution in [0.15, 0.2) is 35.8 Å². The van der Waals surface area contributed by atoms with Gasteiger partial charge in [-0.1, -0.05) is 29.8 Å². The number of aromatic nitrogens is 1. The molecule has 1 heterocycles. The first kappa shape index (κ1) is 12.8. The van der Waals surface area contributed by atoms with Crippen LogP contribution in [0.4, 0.5) is 0 Å². The van der Waals surface area contributed by atoms with E-state index in [1.165, 1.54) is 29.0 Å². The summed E-state index contributed by atoms with van der Waals surface area (Å²) in [5, 5.41) is 7.00. The maximum Gasteiger partial charge on any atom is 0.0937 e. The lowest BCUT2D eigenvalue weighted by molar-refractivity contribution is 0.484. The van der Waals surface area contributed by atoms with Crippen LogP contribution in [0, 0.1) is 12.8 Å². The molecule has 1 N–H and O–H groups in total. The molecule has 1 saturated carbocycles. The van der Waals surface area contributed by atoms with E-state index in [4.69, 9.17) is 0 Å². The van der Waals surface area contributed by atoms with Gasteiger partial charge >= 0.3 is 0 Å². The van der Waals surface area contributed by atoms with Crippen molar-refractivity contribution in [2.75, 3.05) is 6.54 Å². The van der Waals surface area contributed by atoms with Crippen molar-refractivity contribution in [3.05, 3.63) is 52.0 Å². The molecule has 0 spiro atoms. The third kappa shape index (κ3) is 3.43. The Morgan fingerprint density at radius 2 is 2.11 bits per heavy atom. The molecule has 1 aliphatic carbocycles. The molecule has 3 heteroatoms. The number of thiazole rings is 1. The topological polar surface area (TPSA) is 24.9 Å². The van der Waals surface area contributed by atoms with Gasteiger partial charge in [-0.15, -0.1) is 11.3 Å². The monoisotopic (exact) mass is 272 g/mol. The van der Waals surface area contributed by atoms with Crippen molar-refractivity contribution in [3.63, 3.8) is 0 Å². The van der Waals surface area contributed by atoms with Gasteiger partial charge < -0.3 is 5.32 Å². The minimum absolute atomic E-state index is 0.528. The van der Waals surface area contributed by atoms with Gasteiger partial charge in [0.2, 0.25) is 0 Å². The molecule has 1 aliphatic rings. The summed E-state index contributed by atoms with van der Waals surface area (Å²) in [4.78, 5) is 4.34. The Labute approximate surface area is 118 Å². The van der Waals surface area contributed by atoms with Crippen LogP contribution in [0.1, 0.15) is 35.0 Å². The lowest BCUT2D eigenvalue weighted by Gasteiger charge is -2.18. The number of nitrogens with zero attached hydrogens (tertiary/aromatic N) is 1. The average molecular weight is 272 g/mol. The van der Waals surface area contributed by atoms with Crippen LogP contribution in [0.2, 0.25) is 0 Å². The maximum absolute atomic E-state index is 4.34. The Morgan fingerprint density at radius 1 is 1.32 bits per heavy atom. The van der Waals surface area contributed by atoms with Gasteiger partial charge in [-0.3, -0.25) is 0 Å². The Morgan fingerprint density at radius 3 is 2.74 bits per heavy atom. The van der Waals surface area contributed by atoms with Crippen LogP contribution in [-0.2, 0) is 6.42 Å². The normalized spacial score (nSPS) is 16.5. The standard InChI is InChI=1S/C16H20N2S/c1-12-2-4-13(5-3-12)16(14-6-7-14)18-9-8-15-17-10-11-19-15/h2-5,10-11,14,16,18H,6-9H2,1H3. The second-order valence-electron chi connectivity index (χ2n) is 5.36. The molecule has 1 aromatic heterocycles. The van der Waals surface area contributed by atoms with E-state index in [-0.39, 0.29) is 0 Å². The number of hydrogen-bond acceptors (Lipinski definition) is 3. The number of aryl methyl sites for hydroxylation is 1. The summed E-state index contributed by atoms with van der Waals surface area (Å²) >= 11 is 1.75. The molecule has 0 amide bonds. The van der Waals surface area contributed by atoms with Crippen molar-refractivity contribution >= 4 is 11.3 Å². The van der Waals surface area contributed by atoms with E-state index in [2.05, 4.69) is 41.5 Å². The molecule has 2 nitrogen and oxygen atoms in total. The maximum atomic E-state index is 4.34. The Balaban J connectivity index is 1.60. The fraction of sp³-hybridized carbons (Fsp3) is 0.438. The molecule has 3 rings (SSSR count). The van der Waals surface area contributed by atoms with Gasteiger partial charge in [-0.05, 0) is 31.2 Å². The Kier molecular flexibility index (Phi) is 3.95. The zero-order valence-corrected chi connectivity index (χ0v) is 12.1. The summed E-state index contributed by atoms with van der Waals surface area (Å²) in [6.45, 7) is 3.16. The highest BCUT2D eigenvalue weighted by molar-refractivity contribution is 7.09. The lowest BCUT2D eigenvalue weighted by atomic mass is 10.0. The van der Waals surface area contributed by atoms with E-state index in [1.54, 1.807) is 11.3 Å². The molecule has 1 atom stereocenters. The van der Waals surface area contributed by atoms with Crippen LogP contribution in [-0.4, -0.2) is 11.5 Å². The predicted octanol–water partition coefficient (Wildman–Crippen LogP) is 3.73. The van der Waals surface area contributed by atoms with Gasteiger partial charge in [0.05, 0.1) is 5.01 Å². The molecule has 19 heavy (non-hydrogen) atoms. The van der Waals surface area contributed by atoms with Crippen molar-refractivity contribution in [2.24, 2.45) is 5.92 Å². The molecule has 1 aromatic carbocycles. The number of nitrogens with one attached hydrogen (secondary N) is 1. The molecule has 0 saturated heterocycles. The van der Waals surface area contributed by atoms with Gasteiger partial charge in [-0.2, -0.15) is 0 Å². The molecule has 0 bridgehead atoms. The molecule has 1 unspecified atom stereocenters. The van der Waals surface area contributed by atoms with Gasteiger partial charge in [0.1, 0.15) is 0 Å². The van der Waals surface area contributed by atoms with Gasteiger partial charge in [0.25, 0.3) is 0 Å². The summed E-state index contributed by atoms with van der Waals surface area (Å²) in [7, 11) is 0. The second-order valence-corrected chi connectivity index (χ2v) is 6.33. The zero-order chi connectivity index (χ0) is 13.1. The number of benzene rings is 1. The van der Waals surface area contributed by atoms with Crippen molar-refractivity contribution in [1.82, 2.24) is 10.3 Å². The van der Waals surface area contributed by atoms with Crippen LogP contribution < -0.4 is 5.32 Å². The van der Waals surface area contributed by atoms with E-state index in [1.807, 2.05) is 11.6 Å². The molecular weight excluding hydrogens is 252 g/mol. The summed E-state index contributed by atoms with van der Waals surface area (Å²) in [6.07, 6.45) is 5.65. The van der Waals surface area contributed by atoms with Crippen LogP contribution in [0.25, 0.3) is 0 Å². The second kappa shape index (κ2) is 5.85. The fourth-order valence-electron chi connectivity index (χ4n) is 2.47. The number of hydrogen-bond donors (Lipinski definition) is 1. The van der Waals surface area contributed by atoms with Crippen molar-refractivity contribution < 1.29 is 0 Å². The highest BCUT2D eigenvalue weighted by Crippen LogP contribution is 2.40. The average Bonchev–Trinajstić information content (AvgIpc) is 3.13. The van der Waals surface area contributed by atoms with Crippen molar-refractivity contribution in [3.8, 4) is 0 Å². The first-order valence-electron chi connectivity index (χ1n) is 7.01. The Hall–Kier alpha value is -1.19. The minimum atomic E-state index is 0.528. The smallest absolute Gasteiger partial charge is 0.0937 e. The summed E-state index contributed by atoms with van der Waals surface area (Å²) in [6, 6.07) is 9.50. The van der Waals surface area contributed by atoms with Gasteiger partial charge in [0, 0.05) is 30.6 Å². The first-order valence-corrected chi connectivity index (χ1v) is 7.89. The van der Waals surface area contributed by atoms with Crippen LogP contribution in [0.5, 0.6) is 0 Å². The zero-order valence-electron chi connectivity index (χ0n) is 11.3. The lowest BCUT2D eigenvalue weighted by Crippen LogP contribution is -2.25. The van der Waals surface area contributed by atoms with Gasteiger partial charge in [-0.25, -0.2) is 4.98 Å². The Bertz CT molecular complexity index is 500. The van der Waals surface area contributed by atoms with Crippen LogP contribution >= 0.6 is 11.3 Å². The number of rotatable bonds is 6. The predicted molar refractivity (Wildman–Crippen MR) is 80.5 cm³/mol. The summed E-state index contributed by atoms with van der Waals surface area (Å²) < 4.78 is 0. The summed E-state index contributed by atoms with van der Waals surface area (Å²) in [5.41, 5.74) is 2.77. The fourth-order valence-corrected chi connectivity index (χ4v) is 3.09. The third-order valence-electron chi connectivity index (χ3n) is 3.72. The van der Waals surface area contributed by atoms with Crippen molar-refractivity contribution in [2.45, 2.75) is 32.2 Å². The van der Waals surface area contributed by atoms with E-state index in [0.29, 0.717) is 6.04 Å². The molecule has 0 aliphatic heterocycles. The largest absolute Gasteiger partial charge is 0.309 e. The summed E-state index contributed by atoms with van der Waals surface area (Å²) in [5.74, 6) is 0.832. The molecule has 1 fully saturated rings. The van der Waals surface area contributed by atoms with E-state index < -0.39 is 0 Å². The highest BCUT2D eigenvalue weighted by atomic mass is 32.1. The van der Waals surface area contributed by atoms with Crippen molar-refractivity contribution in [1.29, 1.82) is 0 Å². The minimum Gasteiger partial charge on any atom is -0.309 e. The molecule has 100 valence electrons. The van der Waals surface area contributed by atoms with E-state index >= 15 is 0 Å².